The summed E-state index contributed by atoms with van der Waals surface area (Å²) in [5.74, 6) is 6.96. The van der Waals surface area contributed by atoms with Gasteiger partial charge in [0, 0.05) is 42.8 Å². The molecule has 1 aliphatic carbocycles. The van der Waals surface area contributed by atoms with Crippen molar-refractivity contribution in [2.45, 2.75) is 45.3 Å². The SMILES string of the molecule is COc1cccc(C#Cc2cnc3c(c2)C(=O)N([C@@H](C)CO)C[C@H](C)[C@H](CN(C)C(=O)C2CCC2)O3)c1. The predicted octanol–water partition coefficient (Wildman–Crippen LogP) is 2.97. The predicted molar refractivity (Wildman–Crippen MR) is 139 cm³/mol. The third kappa shape index (κ3) is 6.05. The van der Waals surface area contributed by atoms with Crippen molar-refractivity contribution >= 4 is 11.8 Å². The molecule has 0 radical (unpaired) electrons. The van der Waals surface area contributed by atoms with Crippen LogP contribution in [0, 0.1) is 23.7 Å². The Bertz CT molecular complexity index is 1200. The number of benzene rings is 1. The number of nitrogens with zero attached hydrogens (tertiary/aromatic N) is 3. The number of aromatic nitrogens is 1. The van der Waals surface area contributed by atoms with E-state index in [-0.39, 0.29) is 48.3 Å². The molecule has 196 valence electrons. The summed E-state index contributed by atoms with van der Waals surface area (Å²) in [4.78, 5) is 34.2. The summed E-state index contributed by atoms with van der Waals surface area (Å²) in [6.07, 6.45) is 4.19. The molecule has 2 aromatic rings. The molecule has 4 rings (SSSR count). The first-order valence-corrected chi connectivity index (χ1v) is 12.8. The van der Waals surface area contributed by atoms with Gasteiger partial charge in [0.25, 0.3) is 5.91 Å². The molecule has 0 saturated heterocycles. The number of rotatable bonds is 6. The van der Waals surface area contributed by atoms with Crippen LogP contribution in [0.1, 0.15) is 54.6 Å². The fourth-order valence-corrected chi connectivity index (χ4v) is 4.56. The van der Waals surface area contributed by atoms with Crippen LogP contribution in [-0.4, -0.2) is 77.7 Å². The average Bonchev–Trinajstić information content (AvgIpc) is 2.88. The summed E-state index contributed by atoms with van der Waals surface area (Å²) < 4.78 is 11.6. The molecular formula is C29H35N3O5. The Morgan fingerprint density at radius 3 is 2.73 bits per heavy atom. The number of hydrogen-bond donors (Lipinski definition) is 1. The minimum Gasteiger partial charge on any atom is -0.497 e. The number of carbonyl (C=O) groups excluding carboxylic acids is 2. The van der Waals surface area contributed by atoms with Gasteiger partial charge in [0.2, 0.25) is 11.8 Å². The van der Waals surface area contributed by atoms with Gasteiger partial charge in [-0.05, 0) is 44.0 Å². The van der Waals surface area contributed by atoms with Crippen molar-refractivity contribution in [3.63, 3.8) is 0 Å². The summed E-state index contributed by atoms with van der Waals surface area (Å²) in [6.45, 7) is 4.42. The van der Waals surface area contributed by atoms with Crippen LogP contribution in [0.25, 0.3) is 0 Å². The van der Waals surface area contributed by atoms with Crippen LogP contribution in [0.15, 0.2) is 36.5 Å². The second kappa shape index (κ2) is 11.7. The summed E-state index contributed by atoms with van der Waals surface area (Å²) in [7, 11) is 3.41. The number of pyridine rings is 1. The molecule has 1 aromatic carbocycles. The molecule has 2 aliphatic rings. The lowest BCUT2D eigenvalue weighted by Gasteiger charge is -2.38. The van der Waals surface area contributed by atoms with Crippen LogP contribution in [0.5, 0.6) is 11.6 Å². The Labute approximate surface area is 218 Å². The number of hydrogen-bond acceptors (Lipinski definition) is 6. The van der Waals surface area contributed by atoms with Gasteiger partial charge in [-0.2, -0.15) is 0 Å². The first kappa shape index (κ1) is 26.5. The van der Waals surface area contributed by atoms with E-state index >= 15 is 0 Å². The van der Waals surface area contributed by atoms with Crippen molar-refractivity contribution in [2.24, 2.45) is 11.8 Å². The molecule has 8 heteroatoms. The van der Waals surface area contributed by atoms with Gasteiger partial charge in [0.05, 0.1) is 26.3 Å². The van der Waals surface area contributed by atoms with Crippen LogP contribution >= 0.6 is 0 Å². The first-order chi connectivity index (χ1) is 17.8. The molecular weight excluding hydrogens is 470 g/mol. The highest BCUT2D eigenvalue weighted by molar-refractivity contribution is 5.97. The molecule has 0 spiro atoms. The standard InChI is InChI=1S/C29H35N3O5/c1-19-16-32(20(2)18-33)29(35)25-14-22(12-11-21-7-5-10-24(13-21)36-4)15-30-27(25)37-26(19)17-31(3)28(34)23-8-6-9-23/h5,7,10,13-15,19-20,23,26,33H,6,8-9,16-18H2,1-4H3/t19-,20-,26-/m0/s1. The van der Waals surface area contributed by atoms with Crippen LogP contribution in [0.4, 0.5) is 0 Å². The zero-order valence-corrected chi connectivity index (χ0v) is 21.9. The smallest absolute Gasteiger partial charge is 0.259 e. The van der Waals surface area contributed by atoms with Crippen molar-refractivity contribution < 1.29 is 24.2 Å². The fraction of sp³-hybridized carbons (Fsp3) is 0.483. The Hall–Kier alpha value is -3.57. The normalized spacial score (nSPS) is 20.2. The van der Waals surface area contributed by atoms with Crippen molar-refractivity contribution in [1.82, 2.24) is 14.8 Å². The second-order valence-corrected chi connectivity index (χ2v) is 10.0. The molecule has 37 heavy (non-hydrogen) atoms. The number of methoxy groups -OCH3 is 1. The van der Waals surface area contributed by atoms with Gasteiger partial charge in [-0.15, -0.1) is 0 Å². The fourth-order valence-electron chi connectivity index (χ4n) is 4.56. The lowest BCUT2D eigenvalue weighted by molar-refractivity contribution is -0.138. The highest BCUT2D eigenvalue weighted by Crippen LogP contribution is 2.30. The second-order valence-electron chi connectivity index (χ2n) is 10.0. The van der Waals surface area contributed by atoms with E-state index in [1.54, 1.807) is 36.2 Å². The molecule has 8 nitrogen and oxygen atoms in total. The number of likely N-dealkylation sites (N-methyl/N-ethyl adjacent to an activating group) is 1. The van der Waals surface area contributed by atoms with E-state index in [9.17, 15) is 14.7 Å². The molecule has 1 aliphatic heterocycles. The number of aliphatic hydroxyl groups is 1. The van der Waals surface area contributed by atoms with E-state index in [0.29, 0.717) is 30.0 Å². The summed E-state index contributed by atoms with van der Waals surface area (Å²) in [5.41, 5.74) is 1.64. The quantitative estimate of drug-likeness (QED) is 0.607. The van der Waals surface area contributed by atoms with Crippen molar-refractivity contribution in [2.75, 3.05) is 33.9 Å². The largest absolute Gasteiger partial charge is 0.497 e. The Kier molecular flexibility index (Phi) is 8.34. The lowest BCUT2D eigenvalue weighted by atomic mass is 9.84. The Morgan fingerprint density at radius 2 is 2.05 bits per heavy atom. The summed E-state index contributed by atoms with van der Waals surface area (Å²) >= 11 is 0. The third-order valence-corrected chi connectivity index (χ3v) is 7.23. The summed E-state index contributed by atoms with van der Waals surface area (Å²) in [6, 6.07) is 8.72. The zero-order chi connectivity index (χ0) is 26.5. The van der Waals surface area contributed by atoms with Crippen LogP contribution in [-0.2, 0) is 4.79 Å². The van der Waals surface area contributed by atoms with Gasteiger partial charge in [-0.1, -0.05) is 31.3 Å². The van der Waals surface area contributed by atoms with E-state index in [1.165, 1.54) is 0 Å². The van der Waals surface area contributed by atoms with E-state index in [4.69, 9.17) is 9.47 Å². The van der Waals surface area contributed by atoms with Gasteiger partial charge in [-0.25, -0.2) is 4.98 Å². The highest BCUT2D eigenvalue weighted by Gasteiger charge is 2.36. The number of fused-ring (bicyclic) bond motifs is 1. The van der Waals surface area contributed by atoms with Crippen LogP contribution in [0.3, 0.4) is 0 Å². The maximum absolute atomic E-state index is 13.6. The van der Waals surface area contributed by atoms with Gasteiger partial charge >= 0.3 is 0 Å². The van der Waals surface area contributed by atoms with Gasteiger partial charge in [0.15, 0.2) is 0 Å². The molecule has 1 N–H and O–H groups in total. The van der Waals surface area contributed by atoms with Gasteiger partial charge in [0.1, 0.15) is 17.4 Å². The first-order valence-electron chi connectivity index (χ1n) is 12.8. The van der Waals surface area contributed by atoms with E-state index in [2.05, 4.69) is 16.8 Å². The number of carbonyl (C=O) groups is 2. The maximum Gasteiger partial charge on any atom is 0.259 e. The van der Waals surface area contributed by atoms with E-state index < -0.39 is 0 Å². The number of ether oxygens (including phenoxy) is 2. The zero-order valence-electron chi connectivity index (χ0n) is 21.9. The van der Waals surface area contributed by atoms with Crippen LogP contribution in [0.2, 0.25) is 0 Å². The van der Waals surface area contributed by atoms with Crippen LogP contribution < -0.4 is 9.47 Å². The lowest BCUT2D eigenvalue weighted by Crippen LogP contribution is -2.51. The minimum absolute atomic E-state index is 0.0860. The van der Waals surface area contributed by atoms with E-state index in [1.807, 2.05) is 38.1 Å². The third-order valence-electron chi connectivity index (χ3n) is 7.23. The van der Waals surface area contributed by atoms with Crippen molar-refractivity contribution in [3.8, 4) is 23.5 Å². The topological polar surface area (TPSA) is 92.2 Å². The molecule has 1 aromatic heterocycles. The Balaban J connectivity index is 1.64. The van der Waals surface area contributed by atoms with Crippen molar-refractivity contribution in [1.29, 1.82) is 0 Å². The van der Waals surface area contributed by atoms with Gasteiger partial charge < -0.3 is 24.4 Å². The van der Waals surface area contributed by atoms with Gasteiger partial charge in [-0.3, -0.25) is 9.59 Å². The molecule has 2 heterocycles. The molecule has 3 atom stereocenters. The summed E-state index contributed by atoms with van der Waals surface area (Å²) in [5, 5.41) is 9.86. The average molecular weight is 506 g/mol. The number of amides is 2. The molecule has 1 fully saturated rings. The molecule has 2 amide bonds. The molecule has 0 bridgehead atoms. The maximum atomic E-state index is 13.6. The Morgan fingerprint density at radius 1 is 1.30 bits per heavy atom. The highest BCUT2D eigenvalue weighted by atomic mass is 16.5. The molecule has 1 saturated carbocycles. The molecule has 0 unspecified atom stereocenters. The number of aliphatic hydroxyl groups excluding tert-OH is 1. The van der Waals surface area contributed by atoms with E-state index in [0.717, 1.165) is 24.8 Å². The van der Waals surface area contributed by atoms with Crippen molar-refractivity contribution in [3.05, 3.63) is 53.2 Å². The minimum atomic E-state index is -0.387. The monoisotopic (exact) mass is 505 g/mol.